The second-order valence-electron chi connectivity index (χ2n) is 4.28. The highest BCUT2D eigenvalue weighted by Crippen LogP contribution is 2.34. The lowest BCUT2D eigenvalue weighted by atomic mass is 10.1. The number of hydrogen-bond donors (Lipinski definition) is 1. The Morgan fingerprint density at radius 2 is 2.39 bits per heavy atom. The first-order valence-electron chi connectivity index (χ1n) is 6.33. The van der Waals surface area contributed by atoms with Gasteiger partial charge in [0.25, 0.3) is 6.01 Å². The molecule has 18 heavy (non-hydrogen) atoms. The standard InChI is InChI=1S/C13H17N3O2/c1-2-17-13-15-10-3-4-11-9(5-8-18-11)12(10)16(13)7-6-14/h3-4H,2,5-8,14H2,1H3. The van der Waals surface area contributed by atoms with E-state index in [0.717, 1.165) is 29.8 Å². The number of rotatable bonds is 4. The molecule has 0 amide bonds. The molecule has 0 bridgehead atoms. The van der Waals surface area contributed by atoms with E-state index in [4.69, 9.17) is 15.2 Å². The van der Waals surface area contributed by atoms with E-state index in [2.05, 4.69) is 9.55 Å². The van der Waals surface area contributed by atoms with Crippen molar-refractivity contribution in [3.05, 3.63) is 17.7 Å². The molecule has 3 rings (SSSR count). The van der Waals surface area contributed by atoms with Gasteiger partial charge in [-0.3, -0.25) is 4.57 Å². The molecule has 5 nitrogen and oxygen atoms in total. The van der Waals surface area contributed by atoms with E-state index in [1.165, 1.54) is 5.56 Å². The Hall–Kier alpha value is -1.75. The minimum Gasteiger partial charge on any atom is -0.493 e. The van der Waals surface area contributed by atoms with Gasteiger partial charge < -0.3 is 15.2 Å². The van der Waals surface area contributed by atoms with Crippen molar-refractivity contribution in [3.63, 3.8) is 0 Å². The highest BCUT2D eigenvalue weighted by Gasteiger charge is 2.21. The summed E-state index contributed by atoms with van der Waals surface area (Å²) >= 11 is 0. The summed E-state index contributed by atoms with van der Waals surface area (Å²) in [5, 5.41) is 0. The predicted molar refractivity (Wildman–Crippen MR) is 69.2 cm³/mol. The van der Waals surface area contributed by atoms with Crippen molar-refractivity contribution in [2.75, 3.05) is 19.8 Å². The SMILES string of the molecule is CCOc1nc2ccc3c(c2n1CCN)CCO3. The number of nitrogens with two attached hydrogens (primary N) is 1. The Kier molecular flexibility index (Phi) is 2.83. The van der Waals surface area contributed by atoms with E-state index >= 15 is 0 Å². The Bertz CT molecular complexity index is 577. The minimum atomic E-state index is 0.566. The molecule has 1 aromatic carbocycles. The molecule has 0 radical (unpaired) electrons. The van der Waals surface area contributed by atoms with Crippen LogP contribution >= 0.6 is 0 Å². The Balaban J connectivity index is 2.23. The maximum atomic E-state index is 5.69. The van der Waals surface area contributed by atoms with Crippen molar-refractivity contribution in [2.24, 2.45) is 5.73 Å². The minimum absolute atomic E-state index is 0.566. The molecule has 1 aromatic heterocycles. The number of hydrogen-bond acceptors (Lipinski definition) is 4. The van der Waals surface area contributed by atoms with Gasteiger partial charge in [0, 0.05) is 25.1 Å². The zero-order valence-corrected chi connectivity index (χ0v) is 10.5. The second-order valence-corrected chi connectivity index (χ2v) is 4.28. The van der Waals surface area contributed by atoms with Crippen molar-refractivity contribution in [1.29, 1.82) is 0 Å². The van der Waals surface area contributed by atoms with Crippen LogP contribution in [0.25, 0.3) is 11.0 Å². The lowest BCUT2D eigenvalue weighted by Crippen LogP contribution is -2.12. The maximum absolute atomic E-state index is 5.69. The van der Waals surface area contributed by atoms with Gasteiger partial charge in [-0.1, -0.05) is 0 Å². The van der Waals surface area contributed by atoms with Crippen molar-refractivity contribution in [3.8, 4) is 11.8 Å². The zero-order chi connectivity index (χ0) is 12.5. The summed E-state index contributed by atoms with van der Waals surface area (Å²) in [7, 11) is 0. The van der Waals surface area contributed by atoms with E-state index in [1.54, 1.807) is 0 Å². The Morgan fingerprint density at radius 3 is 3.17 bits per heavy atom. The smallest absolute Gasteiger partial charge is 0.297 e. The quantitative estimate of drug-likeness (QED) is 0.885. The molecule has 0 spiro atoms. The number of nitrogens with zero attached hydrogens (tertiary/aromatic N) is 2. The predicted octanol–water partition coefficient (Wildman–Crippen LogP) is 1.33. The molecule has 0 unspecified atom stereocenters. The summed E-state index contributed by atoms with van der Waals surface area (Å²) in [4.78, 5) is 4.53. The molecule has 2 aromatic rings. The molecule has 0 fully saturated rings. The van der Waals surface area contributed by atoms with Crippen LogP contribution in [0.1, 0.15) is 12.5 Å². The molecule has 5 heteroatoms. The van der Waals surface area contributed by atoms with Crippen LogP contribution in [0.3, 0.4) is 0 Å². The Morgan fingerprint density at radius 1 is 1.50 bits per heavy atom. The average Bonchev–Trinajstić information content (AvgIpc) is 2.95. The van der Waals surface area contributed by atoms with Crippen molar-refractivity contribution < 1.29 is 9.47 Å². The van der Waals surface area contributed by atoms with Gasteiger partial charge in [-0.2, -0.15) is 4.98 Å². The fourth-order valence-corrected chi connectivity index (χ4v) is 2.47. The van der Waals surface area contributed by atoms with Crippen LogP contribution in [0, 0.1) is 0 Å². The fraction of sp³-hybridized carbons (Fsp3) is 0.462. The molecule has 2 heterocycles. The molecule has 2 N–H and O–H groups in total. The first-order valence-corrected chi connectivity index (χ1v) is 6.33. The molecule has 1 aliphatic heterocycles. The lowest BCUT2D eigenvalue weighted by molar-refractivity contribution is 0.299. The summed E-state index contributed by atoms with van der Waals surface area (Å²) in [5.41, 5.74) is 8.97. The normalized spacial score (nSPS) is 13.7. The van der Waals surface area contributed by atoms with Gasteiger partial charge in [0.15, 0.2) is 0 Å². The summed E-state index contributed by atoms with van der Waals surface area (Å²) in [6, 6.07) is 4.62. The van der Waals surface area contributed by atoms with Gasteiger partial charge in [-0.05, 0) is 19.1 Å². The lowest BCUT2D eigenvalue weighted by Gasteiger charge is -2.08. The van der Waals surface area contributed by atoms with Crippen LogP contribution < -0.4 is 15.2 Å². The van der Waals surface area contributed by atoms with Crippen molar-refractivity contribution >= 4 is 11.0 Å². The summed E-state index contributed by atoms with van der Waals surface area (Å²) < 4.78 is 13.2. The molecule has 1 aliphatic rings. The van der Waals surface area contributed by atoms with Gasteiger partial charge in [0.1, 0.15) is 5.75 Å². The highest BCUT2D eigenvalue weighted by atomic mass is 16.5. The van der Waals surface area contributed by atoms with Crippen LogP contribution in [0.5, 0.6) is 11.8 Å². The van der Waals surface area contributed by atoms with E-state index in [1.807, 2.05) is 19.1 Å². The molecular formula is C13H17N3O2. The number of benzene rings is 1. The largest absolute Gasteiger partial charge is 0.493 e. The van der Waals surface area contributed by atoms with E-state index in [0.29, 0.717) is 25.7 Å². The summed E-state index contributed by atoms with van der Waals surface area (Å²) in [6.07, 6.45) is 0.925. The van der Waals surface area contributed by atoms with Crippen LogP contribution in [0.2, 0.25) is 0 Å². The monoisotopic (exact) mass is 247 g/mol. The Labute approximate surface area is 106 Å². The van der Waals surface area contributed by atoms with Crippen LogP contribution in [0.15, 0.2) is 12.1 Å². The van der Waals surface area contributed by atoms with Gasteiger partial charge >= 0.3 is 0 Å². The molecule has 0 saturated carbocycles. The number of ether oxygens (including phenoxy) is 2. The molecule has 0 saturated heterocycles. The third-order valence-corrected chi connectivity index (χ3v) is 3.17. The second kappa shape index (κ2) is 4.49. The van der Waals surface area contributed by atoms with Crippen LogP contribution in [-0.2, 0) is 13.0 Å². The first kappa shape index (κ1) is 11.3. The molecule has 96 valence electrons. The molecular weight excluding hydrogens is 230 g/mol. The van der Waals surface area contributed by atoms with Crippen molar-refractivity contribution in [2.45, 2.75) is 19.9 Å². The number of fused-ring (bicyclic) bond motifs is 3. The van der Waals surface area contributed by atoms with Gasteiger partial charge in [0.2, 0.25) is 0 Å². The first-order chi connectivity index (χ1) is 8.85. The van der Waals surface area contributed by atoms with Crippen molar-refractivity contribution in [1.82, 2.24) is 9.55 Å². The summed E-state index contributed by atoms with van der Waals surface area (Å²) in [6.45, 7) is 4.58. The topological polar surface area (TPSA) is 62.3 Å². The number of aromatic nitrogens is 2. The van der Waals surface area contributed by atoms with Crippen LogP contribution in [0.4, 0.5) is 0 Å². The average molecular weight is 247 g/mol. The van der Waals surface area contributed by atoms with E-state index < -0.39 is 0 Å². The van der Waals surface area contributed by atoms with Gasteiger partial charge in [0.05, 0.1) is 24.2 Å². The van der Waals surface area contributed by atoms with Crippen LogP contribution in [-0.4, -0.2) is 29.3 Å². The highest BCUT2D eigenvalue weighted by molar-refractivity contribution is 5.83. The van der Waals surface area contributed by atoms with Gasteiger partial charge in [-0.25, -0.2) is 0 Å². The van der Waals surface area contributed by atoms with Gasteiger partial charge in [-0.15, -0.1) is 0 Å². The summed E-state index contributed by atoms with van der Waals surface area (Å²) in [5.74, 6) is 0.962. The third-order valence-electron chi connectivity index (χ3n) is 3.17. The third kappa shape index (κ3) is 1.62. The number of imidazole rings is 1. The van der Waals surface area contributed by atoms with E-state index in [-0.39, 0.29) is 0 Å². The zero-order valence-electron chi connectivity index (χ0n) is 10.5. The van der Waals surface area contributed by atoms with E-state index in [9.17, 15) is 0 Å². The molecule has 0 atom stereocenters. The molecule has 0 aliphatic carbocycles. The fourth-order valence-electron chi connectivity index (χ4n) is 2.47. The maximum Gasteiger partial charge on any atom is 0.297 e.